The number of esters is 1. The van der Waals surface area contributed by atoms with Gasteiger partial charge in [-0.25, -0.2) is 0 Å². The van der Waals surface area contributed by atoms with Crippen LogP contribution in [-0.4, -0.2) is 30.0 Å². The Morgan fingerprint density at radius 3 is 1.81 bits per heavy atom. The zero-order valence-electron chi connectivity index (χ0n) is 17.8. The van der Waals surface area contributed by atoms with Gasteiger partial charge in [-0.3, -0.25) is 9.59 Å². The standard InChI is InChI=1S/C22H43NO3S/c1-3-4-5-6-7-8-9-10-11-12-13-14-15-16-21(24)26-17-18-27-19-20(2)22(23)25/h20H,3-19H2,1-2H3,(H2,23,25)/t20-/m0/s1. The second-order valence-corrected chi connectivity index (χ2v) is 8.74. The van der Waals surface area contributed by atoms with E-state index in [2.05, 4.69) is 6.92 Å². The molecule has 0 saturated heterocycles. The smallest absolute Gasteiger partial charge is 0.305 e. The van der Waals surface area contributed by atoms with Crippen LogP contribution >= 0.6 is 11.8 Å². The van der Waals surface area contributed by atoms with Crippen LogP contribution in [0.25, 0.3) is 0 Å². The maximum absolute atomic E-state index is 11.6. The average Bonchev–Trinajstić information content (AvgIpc) is 2.64. The van der Waals surface area contributed by atoms with E-state index in [1.807, 2.05) is 6.92 Å². The third-order valence-electron chi connectivity index (χ3n) is 4.83. The summed E-state index contributed by atoms with van der Waals surface area (Å²) in [7, 11) is 0. The maximum atomic E-state index is 11.6. The molecule has 2 N–H and O–H groups in total. The lowest BCUT2D eigenvalue weighted by Crippen LogP contribution is -2.22. The number of primary amides is 1. The van der Waals surface area contributed by atoms with Crippen molar-refractivity contribution in [2.75, 3.05) is 18.1 Å². The summed E-state index contributed by atoms with van der Waals surface area (Å²) in [4.78, 5) is 22.5. The molecule has 0 spiro atoms. The summed E-state index contributed by atoms with van der Waals surface area (Å²) in [6.07, 6.45) is 17.5. The van der Waals surface area contributed by atoms with Crippen molar-refractivity contribution in [2.45, 2.75) is 104 Å². The van der Waals surface area contributed by atoms with Gasteiger partial charge >= 0.3 is 5.97 Å². The Morgan fingerprint density at radius 1 is 0.852 bits per heavy atom. The molecule has 4 nitrogen and oxygen atoms in total. The molecule has 0 aliphatic heterocycles. The van der Waals surface area contributed by atoms with Gasteiger partial charge < -0.3 is 10.5 Å². The highest BCUT2D eigenvalue weighted by molar-refractivity contribution is 7.99. The summed E-state index contributed by atoms with van der Waals surface area (Å²) in [6, 6.07) is 0. The summed E-state index contributed by atoms with van der Waals surface area (Å²) in [5.41, 5.74) is 5.20. The lowest BCUT2D eigenvalue weighted by molar-refractivity contribution is -0.143. The first-order valence-corrected chi connectivity index (χ1v) is 12.3. The number of amides is 1. The number of nitrogens with two attached hydrogens (primary N) is 1. The fourth-order valence-corrected chi connectivity index (χ4v) is 3.80. The first-order chi connectivity index (χ1) is 13.1. The fourth-order valence-electron chi connectivity index (χ4n) is 2.92. The second kappa shape index (κ2) is 20.0. The van der Waals surface area contributed by atoms with Gasteiger partial charge in [-0.1, -0.05) is 90.9 Å². The molecule has 0 aromatic heterocycles. The van der Waals surface area contributed by atoms with E-state index in [1.54, 1.807) is 11.8 Å². The molecule has 0 heterocycles. The Labute approximate surface area is 171 Å². The number of rotatable bonds is 20. The Bertz CT molecular complexity index is 363. The molecule has 0 radical (unpaired) electrons. The first kappa shape index (κ1) is 26.3. The third-order valence-corrected chi connectivity index (χ3v) is 6.02. The number of hydrogen-bond acceptors (Lipinski definition) is 4. The van der Waals surface area contributed by atoms with Gasteiger partial charge in [-0.05, 0) is 6.42 Å². The van der Waals surface area contributed by atoms with E-state index < -0.39 is 0 Å². The highest BCUT2D eigenvalue weighted by Crippen LogP contribution is 2.13. The minimum absolute atomic E-state index is 0.0957. The van der Waals surface area contributed by atoms with Crippen LogP contribution in [0, 0.1) is 5.92 Å². The molecule has 0 aliphatic rings. The molecule has 0 saturated carbocycles. The number of unbranched alkanes of at least 4 members (excludes halogenated alkanes) is 12. The van der Waals surface area contributed by atoms with Crippen molar-refractivity contribution in [1.82, 2.24) is 0 Å². The number of thioether (sulfide) groups is 1. The Balaban J connectivity index is 3.22. The average molecular weight is 402 g/mol. The molecule has 5 heteroatoms. The molecule has 0 fully saturated rings. The van der Waals surface area contributed by atoms with Crippen LogP contribution in [0.2, 0.25) is 0 Å². The molecule has 27 heavy (non-hydrogen) atoms. The molecule has 1 amide bonds. The molecule has 0 bridgehead atoms. The van der Waals surface area contributed by atoms with Crippen LogP contribution in [0.15, 0.2) is 0 Å². The lowest BCUT2D eigenvalue weighted by atomic mass is 10.0. The van der Waals surface area contributed by atoms with Crippen LogP contribution in [-0.2, 0) is 14.3 Å². The van der Waals surface area contributed by atoms with Crippen LogP contribution in [0.1, 0.15) is 104 Å². The van der Waals surface area contributed by atoms with Gasteiger partial charge in [0.2, 0.25) is 5.91 Å². The van der Waals surface area contributed by atoms with Gasteiger partial charge in [0.15, 0.2) is 0 Å². The van der Waals surface area contributed by atoms with Gasteiger partial charge in [0.1, 0.15) is 6.61 Å². The monoisotopic (exact) mass is 401 g/mol. The lowest BCUT2D eigenvalue weighted by Gasteiger charge is -2.07. The van der Waals surface area contributed by atoms with E-state index in [4.69, 9.17) is 10.5 Å². The first-order valence-electron chi connectivity index (χ1n) is 11.1. The quantitative estimate of drug-likeness (QED) is 0.205. The van der Waals surface area contributed by atoms with Crippen molar-refractivity contribution in [3.63, 3.8) is 0 Å². The Hall–Kier alpha value is -0.710. The van der Waals surface area contributed by atoms with E-state index in [0.29, 0.717) is 18.8 Å². The van der Waals surface area contributed by atoms with Gasteiger partial charge in [0, 0.05) is 23.8 Å². The number of carbonyl (C=O) groups excluding carboxylic acids is 2. The molecule has 0 unspecified atom stereocenters. The van der Waals surface area contributed by atoms with Crippen molar-refractivity contribution < 1.29 is 14.3 Å². The zero-order valence-corrected chi connectivity index (χ0v) is 18.6. The van der Waals surface area contributed by atoms with E-state index in [9.17, 15) is 9.59 Å². The number of carbonyl (C=O) groups is 2. The zero-order chi connectivity index (χ0) is 20.2. The minimum Gasteiger partial charge on any atom is -0.465 e. The topological polar surface area (TPSA) is 69.4 Å². The number of hydrogen-bond donors (Lipinski definition) is 1. The largest absolute Gasteiger partial charge is 0.465 e. The Kier molecular flexibility index (Phi) is 19.5. The molecular formula is C22H43NO3S. The minimum atomic E-state index is -0.276. The predicted molar refractivity (Wildman–Crippen MR) is 117 cm³/mol. The summed E-state index contributed by atoms with van der Waals surface area (Å²) >= 11 is 1.60. The third kappa shape index (κ3) is 19.8. The second-order valence-electron chi connectivity index (χ2n) is 7.59. The highest BCUT2D eigenvalue weighted by Gasteiger charge is 2.08. The van der Waals surface area contributed by atoms with Crippen molar-refractivity contribution >= 4 is 23.6 Å². The molecule has 0 aliphatic carbocycles. The van der Waals surface area contributed by atoms with Crippen LogP contribution in [0.5, 0.6) is 0 Å². The van der Waals surface area contributed by atoms with Crippen molar-refractivity contribution in [3.8, 4) is 0 Å². The van der Waals surface area contributed by atoms with Crippen LogP contribution in [0.4, 0.5) is 0 Å². The van der Waals surface area contributed by atoms with Gasteiger partial charge in [0.05, 0.1) is 0 Å². The molecule has 0 rings (SSSR count). The van der Waals surface area contributed by atoms with Crippen molar-refractivity contribution in [1.29, 1.82) is 0 Å². The molecule has 160 valence electrons. The summed E-state index contributed by atoms with van der Waals surface area (Å²) in [5, 5.41) is 0. The molecular weight excluding hydrogens is 358 g/mol. The van der Waals surface area contributed by atoms with Crippen LogP contribution < -0.4 is 5.73 Å². The Morgan fingerprint density at radius 2 is 1.33 bits per heavy atom. The summed E-state index contributed by atoms with van der Waals surface area (Å²) in [5.74, 6) is 0.910. The maximum Gasteiger partial charge on any atom is 0.305 e. The van der Waals surface area contributed by atoms with E-state index in [-0.39, 0.29) is 17.8 Å². The molecule has 1 atom stereocenters. The van der Waals surface area contributed by atoms with Gasteiger partial charge in [0.25, 0.3) is 0 Å². The van der Waals surface area contributed by atoms with Gasteiger partial charge in [-0.15, -0.1) is 0 Å². The highest BCUT2D eigenvalue weighted by atomic mass is 32.2. The summed E-state index contributed by atoms with van der Waals surface area (Å²) < 4.78 is 5.22. The van der Waals surface area contributed by atoms with E-state index in [1.165, 1.54) is 70.6 Å². The van der Waals surface area contributed by atoms with Crippen LogP contribution in [0.3, 0.4) is 0 Å². The SMILES string of the molecule is CCCCCCCCCCCCCCCC(=O)OCCSC[C@H](C)C(N)=O. The van der Waals surface area contributed by atoms with Crippen molar-refractivity contribution in [3.05, 3.63) is 0 Å². The fraction of sp³-hybridized carbons (Fsp3) is 0.909. The van der Waals surface area contributed by atoms with E-state index >= 15 is 0 Å². The summed E-state index contributed by atoms with van der Waals surface area (Å²) in [6.45, 7) is 4.50. The number of ether oxygens (including phenoxy) is 1. The van der Waals surface area contributed by atoms with E-state index in [0.717, 1.165) is 18.6 Å². The predicted octanol–water partition coefficient (Wildman–Crippen LogP) is 5.87. The van der Waals surface area contributed by atoms with Crippen molar-refractivity contribution in [2.24, 2.45) is 11.7 Å². The normalized spacial score (nSPS) is 12.1. The van der Waals surface area contributed by atoms with Gasteiger partial charge in [-0.2, -0.15) is 11.8 Å². The molecule has 0 aromatic carbocycles. The molecule has 0 aromatic rings.